The van der Waals surface area contributed by atoms with Crippen LogP contribution in [-0.2, 0) is 16.6 Å². The largest absolute Gasteiger partial charge is 0.368 e. The molecule has 4 heterocycles. The summed E-state index contributed by atoms with van der Waals surface area (Å²) < 4.78 is 3.16. The number of hydrogen-bond acceptors (Lipinski definition) is 6. The zero-order valence-electron chi connectivity index (χ0n) is 18.8. The summed E-state index contributed by atoms with van der Waals surface area (Å²) in [5.41, 5.74) is 2.46. The van der Waals surface area contributed by atoms with Gasteiger partial charge in [-0.2, -0.15) is 0 Å². The van der Waals surface area contributed by atoms with E-state index in [2.05, 4.69) is 32.6 Å². The molecule has 2 aromatic rings. The molecule has 2 unspecified atom stereocenters. The summed E-state index contributed by atoms with van der Waals surface area (Å²) in [4.78, 5) is 42.1. The molecule has 3 aliphatic rings. The van der Waals surface area contributed by atoms with Crippen LogP contribution in [0.15, 0.2) is 23.0 Å². The number of piperazine rings is 1. The van der Waals surface area contributed by atoms with Crippen LogP contribution in [0.3, 0.4) is 0 Å². The summed E-state index contributed by atoms with van der Waals surface area (Å²) in [7, 11) is 3.75. The molecule has 2 amide bonds. The number of aromatic nitrogens is 2. The van der Waals surface area contributed by atoms with Crippen molar-refractivity contribution in [2.45, 2.75) is 50.2 Å². The van der Waals surface area contributed by atoms with Gasteiger partial charge in [0.15, 0.2) is 0 Å². The fourth-order valence-corrected chi connectivity index (χ4v) is 5.78. The lowest BCUT2D eigenvalue weighted by Gasteiger charge is -2.42. The number of nitrogens with zero attached hydrogens (tertiary/aromatic N) is 4. The second-order valence-electron chi connectivity index (χ2n) is 9.34. The van der Waals surface area contributed by atoms with Crippen molar-refractivity contribution in [1.82, 2.24) is 24.7 Å². The van der Waals surface area contributed by atoms with Gasteiger partial charge in [0.05, 0.1) is 11.0 Å². The van der Waals surface area contributed by atoms with Crippen LogP contribution in [0.1, 0.15) is 38.1 Å². The summed E-state index contributed by atoms with van der Waals surface area (Å²) in [5, 5.41) is 5.61. The first-order valence-corrected chi connectivity index (χ1v) is 11.7. The van der Waals surface area contributed by atoms with E-state index in [9.17, 15) is 14.4 Å². The molecular weight excluding hydrogens is 408 g/mol. The Morgan fingerprint density at radius 1 is 1.06 bits per heavy atom. The minimum Gasteiger partial charge on any atom is -0.368 e. The third kappa shape index (κ3) is 3.53. The Hall–Kier alpha value is -2.65. The molecule has 32 heavy (non-hydrogen) atoms. The SMILES string of the molecule is CNCCCN1C2CCC1CN(c1ccc3c(c1)n(C)c(=O)n3[C@@H]1CCC(=O)NC1=O)C2. The van der Waals surface area contributed by atoms with Crippen molar-refractivity contribution in [1.29, 1.82) is 0 Å². The highest BCUT2D eigenvalue weighted by Crippen LogP contribution is 2.34. The van der Waals surface area contributed by atoms with E-state index < -0.39 is 11.9 Å². The smallest absolute Gasteiger partial charge is 0.329 e. The van der Waals surface area contributed by atoms with Crippen molar-refractivity contribution in [2.24, 2.45) is 7.05 Å². The van der Waals surface area contributed by atoms with Crippen molar-refractivity contribution in [3.8, 4) is 0 Å². The van der Waals surface area contributed by atoms with Crippen molar-refractivity contribution in [3.63, 3.8) is 0 Å². The van der Waals surface area contributed by atoms with E-state index in [0.717, 1.165) is 42.9 Å². The Morgan fingerprint density at radius 2 is 1.81 bits per heavy atom. The first-order valence-electron chi connectivity index (χ1n) is 11.7. The molecule has 0 radical (unpaired) electrons. The maximum atomic E-state index is 13.0. The number of rotatable bonds is 6. The second kappa shape index (κ2) is 8.37. The van der Waals surface area contributed by atoms with E-state index in [4.69, 9.17) is 0 Å². The number of anilines is 1. The summed E-state index contributed by atoms with van der Waals surface area (Å²) in [6.07, 6.45) is 4.26. The van der Waals surface area contributed by atoms with Crippen molar-refractivity contribution in [2.75, 3.05) is 38.1 Å². The highest BCUT2D eigenvalue weighted by atomic mass is 16.2. The molecule has 2 N–H and O–H groups in total. The average molecular weight is 441 g/mol. The van der Waals surface area contributed by atoms with Gasteiger partial charge in [-0.15, -0.1) is 0 Å². The lowest BCUT2D eigenvalue weighted by Crippen LogP contribution is -2.54. The Kier molecular flexibility index (Phi) is 5.54. The third-order valence-corrected chi connectivity index (χ3v) is 7.44. The third-order valence-electron chi connectivity index (χ3n) is 7.44. The van der Waals surface area contributed by atoms with Crippen LogP contribution in [0.25, 0.3) is 11.0 Å². The molecule has 172 valence electrons. The van der Waals surface area contributed by atoms with Crippen LogP contribution < -0.4 is 21.2 Å². The minimum absolute atomic E-state index is 0.221. The van der Waals surface area contributed by atoms with Gasteiger partial charge < -0.3 is 10.2 Å². The van der Waals surface area contributed by atoms with Crippen molar-refractivity contribution < 1.29 is 9.59 Å². The van der Waals surface area contributed by atoms with Gasteiger partial charge in [0.25, 0.3) is 0 Å². The molecule has 2 bridgehead atoms. The molecule has 0 spiro atoms. The van der Waals surface area contributed by atoms with E-state index >= 15 is 0 Å². The number of imide groups is 1. The molecule has 1 aromatic carbocycles. The quantitative estimate of drug-likeness (QED) is 0.504. The van der Waals surface area contributed by atoms with Crippen LogP contribution >= 0.6 is 0 Å². The van der Waals surface area contributed by atoms with Crippen LogP contribution in [0.4, 0.5) is 5.69 Å². The van der Waals surface area contributed by atoms with Gasteiger partial charge in [-0.05, 0) is 57.5 Å². The van der Waals surface area contributed by atoms with Gasteiger partial charge in [0, 0.05) is 50.9 Å². The van der Waals surface area contributed by atoms with E-state index in [0.29, 0.717) is 18.5 Å². The maximum absolute atomic E-state index is 13.0. The Balaban J connectivity index is 1.41. The standard InChI is InChI=1S/C23H32N6O3/c1-24-10-3-11-28-16-4-5-17(28)14-27(13-16)15-6-7-18-20(12-15)26(2)23(32)29(18)19-8-9-21(30)25-22(19)31/h6-7,12,16-17,19,24H,3-5,8-11,13-14H2,1-2H3,(H,25,30,31)/t16?,17?,19-/m1/s1. The molecule has 3 aliphatic heterocycles. The summed E-state index contributed by atoms with van der Waals surface area (Å²) in [6.45, 7) is 4.20. The number of hydrogen-bond donors (Lipinski definition) is 2. The fraction of sp³-hybridized carbons (Fsp3) is 0.609. The van der Waals surface area contributed by atoms with Crippen LogP contribution in [0, 0.1) is 0 Å². The number of piperidine rings is 1. The van der Waals surface area contributed by atoms with Gasteiger partial charge >= 0.3 is 5.69 Å². The molecular formula is C23H32N6O3. The number of amides is 2. The molecule has 1 aromatic heterocycles. The normalized spacial score (nSPS) is 26.2. The number of imidazole rings is 1. The number of aryl methyl sites for hydroxylation is 1. The number of carbonyl (C=O) groups is 2. The highest BCUT2D eigenvalue weighted by molar-refractivity contribution is 6.00. The highest BCUT2D eigenvalue weighted by Gasteiger charge is 2.39. The fourth-order valence-electron chi connectivity index (χ4n) is 5.78. The zero-order valence-corrected chi connectivity index (χ0v) is 18.8. The van der Waals surface area contributed by atoms with E-state index in [1.165, 1.54) is 19.3 Å². The second-order valence-corrected chi connectivity index (χ2v) is 9.34. The van der Waals surface area contributed by atoms with Gasteiger partial charge in [-0.1, -0.05) is 0 Å². The van der Waals surface area contributed by atoms with E-state index in [1.54, 1.807) is 16.2 Å². The topological polar surface area (TPSA) is 91.6 Å². The lowest BCUT2D eigenvalue weighted by atomic mass is 10.1. The van der Waals surface area contributed by atoms with Gasteiger partial charge in [0.2, 0.25) is 11.8 Å². The molecule has 3 fully saturated rings. The molecule has 3 saturated heterocycles. The summed E-state index contributed by atoms with van der Waals surface area (Å²) >= 11 is 0. The molecule has 0 aliphatic carbocycles. The number of nitrogens with one attached hydrogen (secondary N) is 2. The lowest BCUT2D eigenvalue weighted by molar-refractivity contribution is -0.135. The summed E-state index contributed by atoms with van der Waals surface area (Å²) in [5.74, 6) is -0.674. The maximum Gasteiger partial charge on any atom is 0.329 e. The Labute approximate surface area is 187 Å². The Bertz CT molecular complexity index is 1090. The molecule has 0 saturated carbocycles. The number of carbonyl (C=O) groups excluding carboxylic acids is 2. The predicted octanol–water partition coefficient (Wildman–Crippen LogP) is 0.580. The summed E-state index contributed by atoms with van der Waals surface area (Å²) in [6, 6.07) is 6.62. The minimum atomic E-state index is -0.647. The molecule has 9 nitrogen and oxygen atoms in total. The molecule has 9 heteroatoms. The zero-order chi connectivity index (χ0) is 22.4. The van der Waals surface area contributed by atoms with Crippen molar-refractivity contribution >= 4 is 28.5 Å². The van der Waals surface area contributed by atoms with Crippen LogP contribution in [0.5, 0.6) is 0 Å². The van der Waals surface area contributed by atoms with Crippen LogP contribution in [0.2, 0.25) is 0 Å². The average Bonchev–Trinajstić information content (AvgIpc) is 3.16. The van der Waals surface area contributed by atoms with Crippen LogP contribution in [-0.4, -0.2) is 71.2 Å². The van der Waals surface area contributed by atoms with Crippen molar-refractivity contribution in [3.05, 3.63) is 28.7 Å². The van der Waals surface area contributed by atoms with E-state index in [-0.39, 0.29) is 18.0 Å². The Morgan fingerprint density at radius 3 is 2.50 bits per heavy atom. The number of benzene rings is 1. The number of fused-ring (bicyclic) bond motifs is 3. The monoisotopic (exact) mass is 440 g/mol. The van der Waals surface area contributed by atoms with Gasteiger partial charge in [0.1, 0.15) is 6.04 Å². The predicted molar refractivity (Wildman–Crippen MR) is 123 cm³/mol. The molecule has 3 atom stereocenters. The van der Waals surface area contributed by atoms with Gasteiger partial charge in [-0.3, -0.25) is 28.9 Å². The van der Waals surface area contributed by atoms with E-state index in [1.807, 2.05) is 13.1 Å². The first kappa shape index (κ1) is 21.2. The molecule has 5 rings (SSSR count). The van der Waals surface area contributed by atoms with Gasteiger partial charge in [-0.25, -0.2) is 4.79 Å². The first-order chi connectivity index (χ1) is 15.5.